The Balaban J connectivity index is 1.65. The fourth-order valence-electron chi connectivity index (χ4n) is 7.37. The zero-order chi connectivity index (χ0) is 13.3. The minimum Gasteiger partial charge on any atom is -0.298 e. The van der Waals surface area contributed by atoms with E-state index in [0.717, 1.165) is 29.1 Å². The normalized spacial score (nSPS) is 51.9. The van der Waals surface area contributed by atoms with Crippen molar-refractivity contribution in [2.45, 2.75) is 71.3 Å². The Morgan fingerprint density at radius 3 is 1.89 bits per heavy atom. The first-order chi connectivity index (χ1) is 9.03. The van der Waals surface area contributed by atoms with E-state index in [1.165, 1.54) is 19.5 Å². The van der Waals surface area contributed by atoms with Crippen LogP contribution in [0.25, 0.3) is 0 Å². The van der Waals surface area contributed by atoms with Gasteiger partial charge in [0.05, 0.1) is 0 Å². The molecule has 108 valence electrons. The average Bonchev–Trinajstić information content (AvgIpc) is 2.62. The van der Waals surface area contributed by atoms with Crippen LogP contribution in [0.15, 0.2) is 0 Å². The topological polar surface area (TPSA) is 3.24 Å². The first-order valence-corrected chi connectivity index (χ1v) is 8.78. The van der Waals surface area contributed by atoms with Gasteiger partial charge in [0.15, 0.2) is 0 Å². The Labute approximate surface area is 119 Å². The molecule has 0 spiro atoms. The van der Waals surface area contributed by atoms with Crippen LogP contribution in [0.4, 0.5) is 0 Å². The molecule has 4 aliphatic carbocycles. The van der Waals surface area contributed by atoms with Crippen molar-refractivity contribution in [1.29, 1.82) is 0 Å². The van der Waals surface area contributed by atoms with Crippen molar-refractivity contribution in [1.82, 2.24) is 4.90 Å². The molecule has 4 saturated carbocycles. The van der Waals surface area contributed by atoms with Crippen molar-refractivity contribution < 1.29 is 0 Å². The van der Waals surface area contributed by atoms with Gasteiger partial charge < -0.3 is 0 Å². The zero-order valence-electron chi connectivity index (χ0n) is 13.1. The van der Waals surface area contributed by atoms with Gasteiger partial charge in [-0.3, -0.25) is 4.90 Å². The summed E-state index contributed by atoms with van der Waals surface area (Å²) >= 11 is 0. The molecule has 1 heteroatoms. The molecule has 0 amide bonds. The van der Waals surface area contributed by atoms with Crippen LogP contribution >= 0.6 is 0 Å². The van der Waals surface area contributed by atoms with Crippen molar-refractivity contribution >= 4 is 0 Å². The smallest absolute Gasteiger partial charge is 0.0187 e. The highest BCUT2D eigenvalue weighted by Gasteiger charge is 2.59. The SMILES string of the molecule is CCN1CCC(C23CC4CC(CC(C4)C2)C3)C1(C)C. The first kappa shape index (κ1) is 12.7. The minimum atomic E-state index is 0.459. The fraction of sp³-hybridized carbons (Fsp3) is 1.00. The lowest BCUT2D eigenvalue weighted by Crippen LogP contribution is -2.55. The predicted molar refractivity (Wildman–Crippen MR) is 80.0 cm³/mol. The zero-order valence-corrected chi connectivity index (χ0v) is 13.1. The maximum absolute atomic E-state index is 2.76. The van der Waals surface area contributed by atoms with E-state index in [1.807, 2.05) is 0 Å². The van der Waals surface area contributed by atoms with Crippen LogP contribution in [0.1, 0.15) is 65.7 Å². The van der Waals surface area contributed by atoms with E-state index in [2.05, 4.69) is 25.7 Å². The van der Waals surface area contributed by atoms with Crippen LogP contribution in [0.2, 0.25) is 0 Å². The maximum atomic E-state index is 2.76. The Morgan fingerprint density at radius 1 is 0.947 bits per heavy atom. The molecule has 19 heavy (non-hydrogen) atoms. The third-order valence-corrected chi connectivity index (χ3v) is 7.56. The van der Waals surface area contributed by atoms with Crippen molar-refractivity contribution in [2.75, 3.05) is 13.1 Å². The van der Waals surface area contributed by atoms with E-state index in [1.54, 1.807) is 38.5 Å². The summed E-state index contributed by atoms with van der Waals surface area (Å²) in [5.41, 5.74) is 1.21. The van der Waals surface area contributed by atoms with Crippen LogP contribution in [0.5, 0.6) is 0 Å². The van der Waals surface area contributed by atoms with Gasteiger partial charge in [-0.2, -0.15) is 0 Å². The molecule has 0 aromatic heterocycles. The lowest BCUT2D eigenvalue weighted by molar-refractivity contribution is -0.106. The second kappa shape index (κ2) is 4.00. The summed E-state index contributed by atoms with van der Waals surface area (Å²) in [5.74, 6) is 4.31. The lowest BCUT2D eigenvalue weighted by atomic mass is 9.45. The Hall–Kier alpha value is -0.0400. The number of hydrogen-bond donors (Lipinski definition) is 0. The van der Waals surface area contributed by atoms with E-state index in [9.17, 15) is 0 Å². The highest BCUT2D eigenvalue weighted by molar-refractivity contribution is 5.10. The molecule has 5 rings (SSSR count). The standard InChI is InChI=1S/C18H31N/c1-4-19-6-5-16(17(19,2)3)18-10-13-7-14(11-18)9-15(8-13)12-18/h13-16H,4-12H2,1-3H3. The molecule has 1 nitrogen and oxygen atoms in total. The molecule has 1 atom stereocenters. The maximum Gasteiger partial charge on any atom is 0.0187 e. The largest absolute Gasteiger partial charge is 0.298 e. The van der Waals surface area contributed by atoms with E-state index in [4.69, 9.17) is 0 Å². The van der Waals surface area contributed by atoms with Crippen molar-refractivity contribution in [2.24, 2.45) is 29.1 Å². The quantitative estimate of drug-likeness (QED) is 0.715. The Kier molecular flexibility index (Phi) is 2.67. The van der Waals surface area contributed by atoms with E-state index < -0.39 is 0 Å². The highest BCUT2D eigenvalue weighted by Crippen LogP contribution is 2.66. The van der Waals surface area contributed by atoms with E-state index in [0.29, 0.717) is 5.54 Å². The minimum absolute atomic E-state index is 0.459. The number of rotatable bonds is 2. The van der Waals surface area contributed by atoms with Gasteiger partial charge in [0.25, 0.3) is 0 Å². The summed E-state index contributed by atoms with van der Waals surface area (Å²) in [6, 6.07) is 0. The Morgan fingerprint density at radius 2 is 1.47 bits per heavy atom. The van der Waals surface area contributed by atoms with Gasteiger partial charge in [-0.1, -0.05) is 6.92 Å². The summed E-state index contributed by atoms with van der Waals surface area (Å²) in [5, 5.41) is 0. The fourth-order valence-corrected chi connectivity index (χ4v) is 7.37. The van der Waals surface area contributed by atoms with Gasteiger partial charge in [-0.05, 0) is 101 Å². The molecule has 0 aromatic carbocycles. The van der Waals surface area contributed by atoms with E-state index >= 15 is 0 Å². The molecular weight excluding hydrogens is 230 g/mol. The third-order valence-electron chi connectivity index (χ3n) is 7.56. The van der Waals surface area contributed by atoms with Crippen molar-refractivity contribution in [3.8, 4) is 0 Å². The number of hydrogen-bond acceptors (Lipinski definition) is 1. The monoisotopic (exact) mass is 261 g/mol. The van der Waals surface area contributed by atoms with Crippen LogP contribution in [-0.4, -0.2) is 23.5 Å². The molecule has 0 aromatic rings. The van der Waals surface area contributed by atoms with Gasteiger partial charge in [0, 0.05) is 5.54 Å². The second-order valence-corrected chi connectivity index (χ2v) is 8.85. The lowest BCUT2D eigenvalue weighted by Gasteiger charge is -2.61. The molecule has 0 N–H and O–H groups in total. The molecule has 1 unspecified atom stereocenters. The molecule has 5 aliphatic rings. The molecule has 1 heterocycles. The van der Waals surface area contributed by atoms with Gasteiger partial charge >= 0.3 is 0 Å². The van der Waals surface area contributed by atoms with Crippen LogP contribution in [0, 0.1) is 29.1 Å². The average molecular weight is 261 g/mol. The van der Waals surface area contributed by atoms with Crippen LogP contribution in [0.3, 0.4) is 0 Å². The number of nitrogens with zero attached hydrogens (tertiary/aromatic N) is 1. The molecule has 4 bridgehead atoms. The van der Waals surface area contributed by atoms with Crippen molar-refractivity contribution in [3.63, 3.8) is 0 Å². The van der Waals surface area contributed by atoms with Gasteiger partial charge in [0.2, 0.25) is 0 Å². The number of likely N-dealkylation sites (tertiary alicyclic amines) is 1. The summed E-state index contributed by atoms with van der Waals surface area (Å²) < 4.78 is 0. The first-order valence-electron chi connectivity index (χ1n) is 8.78. The van der Waals surface area contributed by atoms with Gasteiger partial charge in [-0.15, -0.1) is 0 Å². The molecular formula is C18H31N. The van der Waals surface area contributed by atoms with Crippen LogP contribution < -0.4 is 0 Å². The molecule has 1 saturated heterocycles. The molecule has 5 fully saturated rings. The van der Waals surface area contributed by atoms with Crippen molar-refractivity contribution in [3.05, 3.63) is 0 Å². The van der Waals surface area contributed by atoms with E-state index in [-0.39, 0.29) is 0 Å². The Bertz CT molecular complexity index is 335. The summed E-state index contributed by atoms with van der Waals surface area (Å²) in [6.07, 6.45) is 11.0. The van der Waals surface area contributed by atoms with Gasteiger partial charge in [0.1, 0.15) is 0 Å². The van der Waals surface area contributed by atoms with Crippen LogP contribution in [-0.2, 0) is 0 Å². The highest BCUT2D eigenvalue weighted by atomic mass is 15.2. The molecule has 1 aliphatic heterocycles. The third kappa shape index (κ3) is 1.69. The second-order valence-electron chi connectivity index (χ2n) is 8.85. The summed E-state index contributed by atoms with van der Waals surface area (Å²) in [4.78, 5) is 2.76. The predicted octanol–water partition coefficient (Wildman–Crippen LogP) is 4.32. The summed E-state index contributed by atoms with van der Waals surface area (Å²) in [6.45, 7) is 10.1. The molecule has 0 radical (unpaired) electrons. The summed E-state index contributed by atoms with van der Waals surface area (Å²) in [7, 11) is 0. The van der Waals surface area contributed by atoms with Gasteiger partial charge in [-0.25, -0.2) is 0 Å².